The first-order valence-corrected chi connectivity index (χ1v) is 6.03. The van der Waals surface area contributed by atoms with E-state index in [4.69, 9.17) is 5.11 Å². The molecule has 0 atom stereocenters. The van der Waals surface area contributed by atoms with Crippen LogP contribution < -0.4 is 4.90 Å². The van der Waals surface area contributed by atoms with Crippen LogP contribution in [-0.4, -0.2) is 24.8 Å². The van der Waals surface area contributed by atoms with Crippen LogP contribution in [0.15, 0.2) is 35.3 Å². The lowest BCUT2D eigenvalue weighted by molar-refractivity contribution is -0.137. The number of benzene rings is 1. The molecule has 2 nitrogen and oxygen atoms in total. The Morgan fingerprint density at radius 3 is 2.50 bits per heavy atom. The summed E-state index contributed by atoms with van der Waals surface area (Å²) in [6.45, 7) is 4.27. The van der Waals surface area contributed by atoms with Crippen molar-refractivity contribution in [1.29, 1.82) is 0 Å². The molecule has 100 valence electrons. The number of aliphatic hydroxyl groups is 1. The largest absolute Gasteiger partial charge is 0.416 e. The van der Waals surface area contributed by atoms with Gasteiger partial charge in [0.25, 0.3) is 0 Å². The van der Waals surface area contributed by atoms with Gasteiger partial charge in [-0.2, -0.15) is 13.2 Å². The van der Waals surface area contributed by atoms with Crippen molar-refractivity contribution in [2.24, 2.45) is 0 Å². The van der Waals surface area contributed by atoms with Crippen molar-refractivity contribution >= 4 is 21.6 Å². The van der Waals surface area contributed by atoms with E-state index >= 15 is 0 Å². The molecule has 1 N–H and O–H groups in total. The van der Waals surface area contributed by atoms with E-state index in [1.165, 1.54) is 6.07 Å². The monoisotopic (exact) mass is 323 g/mol. The first kappa shape index (κ1) is 15.0. The molecule has 6 heteroatoms. The third kappa shape index (κ3) is 3.74. The van der Waals surface area contributed by atoms with Crippen LogP contribution in [0.1, 0.15) is 5.56 Å². The fourth-order valence-electron chi connectivity index (χ4n) is 1.53. The van der Waals surface area contributed by atoms with Gasteiger partial charge in [-0.3, -0.25) is 0 Å². The minimum absolute atomic E-state index is 0.0820. The van der Waals surface area contributed by atoms with Crippen LogP contribution in [0.25, 0.3) is 0 Å². The van der Waals surface area contributed by atoms with Gasteiger partial charge < -0.3 is 10.0 Å². The summed E-state index contributed by atoms with van der Waals surface area (Å²) in [6, 6.07) is 3.43. The van der Waals surface area contributed by atoms with Crippen molar-refractivity contribution in [3.8, 4) is 0 Å². The summed E-state index contributed by atoms with van der Waals surface area (Å²) in [4.78, 5) is 1.73. The van der Waals surface area contributed by atoms with E-state index in [1.54, 1.807) is 11.0 Å². The molecule has 1 rings (SSSR count). The van der Waals surface area contributed by atoms with E-state index in [0.717, 1.165) is 12.1 Å². The molecule has 0 spiro atoms. The van der Waals surface area contributed by atoms with Crippen LogP contribution in [0.4, 0.5) is 18.9 Å². The molecular weight excluding hydrogens is 311 g/mol. The Balaban J connectivity index is 3.06. The Bertz CT molecular complexity index is 420. The summed E-state index contributed by atoms with van der Waals surface area (Å²) < 4.78 is 37.9. The number of hydrogen-bond acceptors (Lipinski definition) is 2. The smallest absolute Gasteiger partial charge is 0.395 e. The van der Waals surface area contributed by atoms with Crippen molar-refractivity contribution < 1.29 is 18.3 Å². The highest BCUT2D eigenvalue weighted by molar-refractivity contribution is 9.10. The highest BCUT2D eigenvalue weighted by Crippen LogP contribution is 2.35. The molecule has 18 heavy (non-hydrogen) atoms. The summed E-state index contributed by atoms with van der Waals surface area (Å²) in [7, 11) is 0. The predicted molar refractivity (Wildman–Crippen MR) is 68.6 cm³/mol. The third-order valence-corrected chi connectivity index (χ3v) is 2.97. The summed E-state index contributed by atoms with van der Waals surface area (Å²) in [5.74, 6) is 0. The van der Waals surface area contributed by atoms with Crippen molar-refractivity contribution in [2.45, 2.75) is 6.18 Å². The summed E-state index contributed by atoms with van der Waals surface area (Å²) >= 11 is 3.12. The minimum atomic E-state index is -4.36. The van der Waals surface area contributed by atoms with E-state index in [1.807, 2.05) is 0 Å². The molecule has 0 bridgehead atoms. The van der Waals surface area contributed by atoms with Crippen LogP contribution in [0, 0.1) is 0 Å². The van der Waals surface area contributed by atoms with Crippen molar-refractivity contribution in [2.75, 3.05) is 24.6 Å². The van der Waals surface area contributed by atoms with Gasteiger partial charge >= 0.3 is 6.18 Å². The van der Waals surface area contributed by atoms with Gasteiger partial charge in [0.15, 0.2) is 0 Å². The van der Waals surface area contributed by atoms with Gasteiger partial charge in [0.2, 0.25) is 0 Å². The fraction of sp³-hybridized carbons (Fsp3) is 0.333. The van der Waals surface area contributed by atoms with Crippen molar-refractivity contribution in [3.05, 3.63) is 40.9 Å². The first-order valence-electron chi connectivity index (χ1n) is 5.23. The number of hydrogen-bond donors (Lipinski definition) is 1. The van der Waals surface area contributed by atoms with Crippen LogP contribution in [-0.2, 0) is 6.18 Å². The Labute approximate surface area is 112 Å². The Hall–Kier alpha value is -1.01. The highest BCUT2D eigenvalue weighted by atomic mass is 79.9. The maximum atomic E-state index is 12.5. The second-order valence-corrected chi connectivity index (χ2v) is 4.48. The van der Waals surface area contributed by atoms with E-state index < -0.39 is 11.7 Å². The lowest BCUT2D eigenvalue weighted by Crippen LogP contribution is -2.27. The molecule has 0 unspecified atom stereocenters. The highest BCUT2D eigenvalue weighted by Gasteiger charge is 2.31. The van der Waals surface area contributed by atoms with E-state index in [9.17, 15) is 13.2 Å². The van der Waals surface area contributed by atoms with E-state index in [2.05, 4.69) is 22.5 Å². The van der Waals surface area contributed by atoms with Gasteiger partial charge in [0.05, 0.1) is 17.9 Å². The maximum Gasteiger partial charge on any atom is 0.416 e. The lowest BCUT2D eigenvalue weighted by Gasteiger charge is -2.24. The second-order valence-electron chi connectivity index (χ2n) is 3.62. The van der Waals surface area contributed by atoms with Crippen molar-refractivity contribution in [3.63, 3.8) is 0 Å². The van der Waals surface area contributed by atoms with E-state index in [-0.39, 0.29) is 6.61 Å². The number of alkyl halides is 3. The molecule has 0 radical (unpaired) electrons. The van der Waals surface area contributed by atoms with Gasteiger partial charge in [-0.1, -0.05) is 6.08 Å². The van der Waals surface area contributed by atoms with Crippen molar-refractivity contribution in [1.82, 2.24) is 0 Å². The second kappa shape index (κ2) is 6.24. The number of halogens is 4. The average molecular weight is 324 g/mol. The van der Waals surface area contributed by atoms with Gasteiger partial charge in [0, 0.05) is 17.6 Å². The molecule has 0 heterocycles. The summed E-state index contributed by atoms with van der Waals surface area (Å²) in [5.41, 5.74) is -0.113. The maximum absolute atomic E-state index is 12.5. The van der Waals surface area contributed by atoms with Gasteiger partial charge in [-0.15, -0.1) is 6.58 Å². The molecule has 0 saturated heterocycles. The fourth-order valence-corrected chi connectivity index (χ4v) is 2.16. The Morgan fingerprint density at radius 2 is 2.06 bits per heavy atom. The van der Waals surface area contributed by atoms with Gasteiger partial charge in [-0.25, -0.2) is 0 Å². The molecule has 0 aliphatic heterocycles. The van der Waals surface area contributed by atoms with E-state index in [0.29, 0.717) is 23.2 Å². The molecule has 0 fully saturated rings. The first-order chi connectivity index (χ1) is 8.40. The zero-order chi connectivity index (χ0) is 13.8. The molecule has 1 aromatic rings. The average Bonchev–Trinajstić information content (AvgIpc) is 2.27. The van der Waals surface area contributed by atoms with Gasteiger partial charge in [-0.05, 0) is 34.1 Å². The molecule has 0 aliphatic carbocycles. The predicted octanol–water partition coefficient (Wildman–Crippen LogP) is 3.45. The standard InChI is InChI=1S/C12H13BrF3NO/c1-2-5-17(6-7-18)11-4-3-9(8-10(11)13)12(14,15)16/h2-4,8,18H,1,5-7H2. The van der Waals surface area contributed by atoms with Crippen LogP contribution in [0.3, 0.4) is 0 Å². The number of rotatable bonds is 5. The molecular formula is C12H13BrF3NO. The molecule has 0 amide bonds. The van der Waals surface area contributed by atoms with Crippen LogP contribution in [0.5, 0.6) is 0 Å². The SMILES string of the molecule is C=CCN(CCO)c1ccc(C(F)(F)F)cc1Br. The number of aliphatic hydroxyl groups excluding tert-OH is 1. The number of anilines is 1. The summed E-state index contributed by atoms with van der Waals surface area (Å²) in [6.07, 6.45) is -2.74. The third-order valence-electron chi connectivity index (χ3n) is 2.34. The topological polar surface area (TPSA) is 23.5 Å². The zero-order valence-corrected chi connectivity index (χ0v) is 11.1. The Morgan fingerprint density at radius 1 is 1.39 bits per heavy atom. The minimum Gasteiger partial charge on any atom is -0.395 e. The van der Waals surface area contributed by atoms with Gasteiger partial charge in [0.1, 0.15) is 0 Å². The number of nitrogens with zero attached hydrogens (tertiary/aromatic N) is 1. The normalized spacial score (nSPS) is 11.4. The summed E-state index contributed by atoms with van der Waals surface area (Å²) in [5, 5.41) is 8.93. The molecule has 0 aliphatic rings. The quantitative estimate of drug-likeness (QED) is 0.839. The Kier molecular flexibility index (Phi) is 5.22. The molecule has 0 aromatic heterocycles. The van der Waals surface area contributed by atoms with Crippen LogP contribution >= 0.6 is 15.9 Å². The molecule has 1 aromatic carbocycles. The van der Waals surface area contributed by atoms with Crippen LogP contribution in [0.2, 0.25) is 0 Å². The lowest BCUT2D eigenvalue weighted by atomic mass is 10.2. The zero-order valence-electron chi connectivity index (χ0n) is 9.54. The molecule has 0 saturated carbocycles.